The van der Waals surface area contributed by atoms with Crippen LogP contribution in [0.15, 0.2) is 30.5 Å². The number of para-hydroxylation sites is 1. The summed E-state index contributed by atoms with van der Waals surface area (Å²) in [5.41, 5.74) is 8.65. The van der Waals surface area contributed by atoms with Crippen molar-refractivity contribution in [3.05, 3.63) is 36.0 Å². The second kappa shape index (κ2) is 5.98. The van der Waals surface area contributed by atoms with E-state index in [9.17, 15) is 0 Å². The summed E-state index contributed by atoms with van der Waals surface area (Å²) in [6.45, 7) is 4.04. The fourth-order valence-corrected chi connectivity index (χ4v) is 3.17. The highest BCUT2D eigenvalue weighted by atomic mass is 16.5. The van der Waals surface area contributed by atoms with Crippen molar-refractivity contribution in [2.45, 2.75) is 51.3 Å². The Morgan fingerprint density at radius 2 is 2.25 bits per heavy atom. The van der Waals surface area contributed by atoms with Crippen molar-refractivity contribution in [1.29, 1.82) is 0 Å². The lowest BCUT2D eigenvalue weighted by atomic mass is 10.1. The van der Waals surface area contributed by atoms with Crippen molar-refractivity contribution in [2.75, 3.05) is 6.61 Å². The number of rotatable bonds is 5. The topological polar surface area (TPSA) is 40.2 Å². The first kappa shape index (κ1) is 13.7. The first-order valence-electron chi connectivity index (χ1n) is 7.68. The average molecular weight is 272 g/mol. The number of ether oxygens (including phenoxy) is 1. The molecular weight excluding hydrogens is 248 g/mol. The molecule has 3 heteroatoms. The highest BCUT2D eigenvalue weighted by Crippen LogP contribution is 2.24. The van der Waals surface area contributed by atoms with Gasteiger partial charge in [0, 0.05) is 36.3 Å². The molecule has 1 aromatic heterocycles. The summed E-state index contributed by atoms with van der Waals surface area (Å²) in [6.07, 6.45) is 7.21. The van der Waals surface area contributed by atoms with Crippen molar-refractivity contribution in [2.24, 2.45) is 5.73 Å². The van der Waals surface area contributed by atoms with Crippen molar-refractivity contribution >= 4 is 10.9 Å². The summed E-state index contributed by atoms with van der Waals surface area (Å²) < 4.78 is 8.09. The standard InChI is InChI=1S/C17H24N2O/c1-13(18)11-14-12-19(9-8-15-5-4-10-20-15)17-7-3-2-6-16(14)17/h2-3,6-7,12-13,15H,4-5,8-11,18H2,1H3. The van der Waals surface area contributed by atoms with E-state index in [1.165, 1.54) is 29.3 Å². The van der Waals surface area contributed by atoms with Gasteiger partial charge in [-0.25, -0.2) is 0 Å². The second-order valence-corrected chi connectivity index (χ2v) is 5.97. The molecule has 1 fully saturated rings. The van der Waals surface area contributed by atoms with Crippen LogP contribution in [0.5, 0.6) is 0 Å². The molecule has 0 bridgehead atoms. The van der Waals surface area contributed by atoms with Crippen LogP contribution in [0, 0.1) is 0 Å². The lowest BCUT2D eigenvalue weighted by Gasteiger charge is -2.10. The number of hydrogen-bond donors (Lipinski definition) is 1. The van der Waals surface area contributed by atoms with Gasteiger partial charge < -0.3 is 15.0 Å². The summed E-state index contributed by atoms with van der Waals surface area (Å²) in [5, 5.41) is 1.34. The van der Waals surface area contributed by atoms with Gasteiger partial charge in [-0.05, 0) is 44.2 Å². The Hall–Kier alpha value is -1.32. The van der Waals surface area contributed by atoms with Gasteiger partial charge in [0.15, 0.2) is 0 Å². The molecule has 1 aliphatic heterocycles. The van der Waals surface area contributed by atoms with Crippen molar-refractivity contribution in [1.82, 2.24) is 4.57 Å². The molecule has 0 aliphatic carbocycles. The highest BCUT2D eigenvalue weighted by Gasteiger charge is 2.16. The third kappa shape index (κ3) is 2.89. The summed E-state index contributed by atoms with van der Waals surface area (Å²) in [7, 11) is 0. The van der Waals surface area contributed by atoms with Crippen LogP contribution >= 0.6 is 0 Å². The maximum atomic E-state index is 5.97. The molecule has 2 unspecified atom stereocenters. The van der Waals surface area contributed by atoms with Gasteiger partial charge in [-0.1, -0.05) is 18.2 Å². The van der Waals surface area contributed by atoms with E-state index in [0.29, 0.717) is 6.10 Å². The average Bonchev–Trinajstić information content (AvgIpc) is 3.05. The van der Waals surface area contributed by atoms with Crippen LogP contribution in [-0.4, -0.2) is 23.3 Å². The SMILES string of the molecule is CC(N)Cc1cn(CCC2CCCO2)c2ccccc12. The Balaban J connectivity index is 1.82. The van der Waals surface area contributed by atoms with E-state index in [1.54, 1.807) is 0 Å². The molecular formula is C17H24N2O. The van der Waals surface area contributed by atoms with Crippen LogP contribution in [0.25, 0.3) is 10.9 Å². The van der Waals surface area contributed by atoms with E-state index < -0.39 is 0 Å². The zero-order valence-corrected chi connectivity index (χ0v) is 12.2. The Morgan fingerprint density at radius 3 is 3.00 bits per heavy atom. The molecule has 20 heavy (non-hydrogen) atoms. The first-order valence-corrected chi connectivity index (χ1v) is 7.68. The maximum absolute atomic E-state index is 5.97. The van der Waals surface area contributed by atoms with Gasteiger partial charge in [-0.15, -0.1) is 0 Å². The van der Waals surface area contributed by atoms with E-state index in [-0.39, 0.29) is 6.04 Å². The molecule has 0 amide bonds. The van der Waals surface area contributed by atoms with Crippen molar-refractivity contribution < 1.29 is 4.74 Å². The van der Waals surface area contributed by atoms with E-state index in [2.05, 4.69) is 42.0 Å². The predicted octanol–water partition coefficient (Wildman–Crippen LogP) is 3.10. The van der Waals surface area contributed by atoms with Gasteiger partial charge in [0.2, 0.25) is 0 Å². The Morgan fingerprint density at radius 1 is 1.40 bits per heavy atom. The molecule has 1 aliphatic rings. The quantitative estimate of drug-likeness (QED) is 0.908. The number of nitrogens with zero attached hydrogens (tertiary/aromatic N) is 1. The fourth-order valence-electron chi connectivity index (χ4n) is 3.17. The maximum Gasteiger partial charge on any atom is 0.0593 e. The van der Waals surface area contributed by atoms with Crippen LogP contribution in [0.4, 0.5) is 0 Å². The minimum absolute atomic E-state index is 0.201. The minimum atomic E-state index is 0.201. The number of aromatic nitrogens is 1. The van der Waals surface area contributed by atoms with E-state index >= 15 is 0 Å². The van der Waals surface area contributed by atoms with E-state index in [4.69, 9.17) is 10.5 Å². The Bertz CT molecular complexity index is 567. The molecule has 1 aromatic carbocycles. The van der Waals surface area contributed by atoms with Crippen LogP contribution in [-0.2, 0) is 17.7 Å². The van der Waals surface area contributed by atoms with Gasteiger partial charge in [-0.3, -0.25) is 0 Å². The zero-order valence-electron chi connectivity index (χ0n) is 12.2. The van der Waals surface area contributed by atoms with Crippen LogP contribution in [0.1, 0.15) is 31.7 Å². The molecule has 2 heterocycles. The number of aryl methyl sites for hydroxylation is 1. The lowest BCUT2D eigenvalue weighted by molar-refractivity contribution is 0.101. The van der Waals surface area contributed by atoms with Gasteiger partial charge >= 0.3 is 0 Å². The van der Waals surface area contributed by atoms with Gasteiger partial charge in [0.05, 0.1) is 6.10 Å². The zero-order chi connectivity index (χ0) is 13.9. The molecule has 1 saturated heterocycles. The molecule has 0 radical (unpaired) electrons. The van der Waals surface area contributed by atoms with Gasteiger partial charge in [0.25, 0.3) is 0 Å². The van der Waals surface area contributed by atoms with Crippen LogP contribution in [0.3, 0.4) is 0 Å². The summed E-state index contributed by atoms with van der Waals surface area (Å²) >= 11 is 0. The molecule has 2 atom stereocenters. The summed E-state index contributed by atoms with van der Waals surface area (Å²) in [6, 6.07) is 8.83. The fraction of sp³-hybridized carbons (Fsp3) is 0.529. The summed E-state index contributed by atoms with van der Waals surface area (Å²) in [5.74, 6) is 0. The number of benzene rings is 1. The second-order valence-electron chi connectivity index (χ2n) is 5.97. The minimum Gasteiger partial charge on any atom is -0.378 e. The normalized spacial score (nSPS) is 20.6. The van der Waals surface area contributed by atoms with Crippen molar-refractivity contribution in [3.8, 4) is 0 Å². The largest absolute Gasteiger partial charge is 0.378 e. The molecule has 3 nitrogen and oxygen atoms in total. The van der Waals surface area contributed by atoms with E-state index in [1.807, 2.05) is 0 Å². The first-order chi connectivity index (χ1) is 9.74. The van der Waals surface area contributed by atoms with E-state index in [0.717, 1.165) is 26.0 Å². The molecule has 2 aromatic rings. The lowest BCUT2D eigenvalue weighted by Crippen LogP contribution is -2.17. The molecule has 3 rings (SSSR count). The monoisotopic (exact) mass is 272 g/mol. The van der Waals surface area contributed by atoms with Crippen LogP contribution in [0.2, 0.25) is 0 Å². The summed E-state index contributed by atoms with van der Waals surface area (Å²) in [4.78, 5) is 0. The Kier molecular flexibility index (Phi) is 4.08. The number of nitrogens with two attached hydrogens (primary N) is 1. The molecule has 2 N–H and O–H groups in total. The molecule has 108 valence electrons. The third-order valence-corrected chi connectivity index (χ3v) is 4.13. The van der Waals surface area contributed by atoms with Gasteiger partial charge in [-0.2, -0.15) is 0 Å². The van der Waals surface area contributed by atoms with Crippen LogP contribution < -0.4 is 5.73 Å². The smallest absolute Gasteiger partial charge is 0.0593 e. The molecule has 0 saturated carbocycles. The van der Waals surface area contributed by atoms with Crippen molar-refractivity contribution in [3.63, 3.8) is 0 Å². The Labute approximate surface area is 120 Å². The highest BCUT2D eigenvalue weighted by molar-refractivity contribution is 5.84. The third-order valence-electron chi connectivity index (χ3n) is 4.13. The number of hydrogen-bond acceptors (Lipinski definition) is 2. The number of fused-ring (bicyclic) bond motifs is 1. The predicted molar refractivity (Wildman–Crippen MR) is 82.9 cm³/mol. The van der Waals surface area contributed by atoms with Gasteiger partial charge in [0.1, 0.15) is 0 Å². The molecule has 0 spiro atoms.